The van der Waals surface area contributed by atoms with Crippen molar-refractivity contribution in [2.24, 2.45) is 0 Å². The second-order valence-electron chi connectivity index (χ2n) is 4.81. The average molecular weight is 239 g/mol. The van der Waals surface area contributed by atoms with Gasteiger partial charge in [0.15, 0.2) is 0 Å². The van der Waals surface area contributed by atoms with Crippen LogP contribution >= 0.6 is 0 Å². The highest BCUT2D eigenvalue weighted by Gasteiger charge is 2.24. The normalized spacial score (nSPS) is 19.5. The summed E-state index contributed by atoms with van der Waals surface area (Å²) in [6.45, 7) is 2.18. The number of rotatable bonds is 3. The van der Waals surface area contributed by atoms with Crippen LogP contribution in [0.15, 0.2) is 42.9 Å². The van der Waals surface area contributed by atoms with Crippen molar-refractivity contribution in [3.63, 3.8) is 0 Å². The molecule has 2 heterocycles. The maximum Gasteiger partial charge on any atom is 0.0605 e. The molecule has 1 aliphatic rings. The van der Waals surface area contributed by atoms with E-state index in [0.717, 1.165) is 12.8 Å². The van der Waals surface area contributed by atoms with Gasteiger partial charge in [-0.1, -0.05) is 12.1 Å². The molecule has 92 valence electrons. The summed E-state index contributed by atoms with van der Waals surface area (Å²) < 4.78 is 0. The topological polar surface area (TPSA) is 37.8 Å². The van der Waals surface area contributed by atoms with E-state index in [-0.39, 0.29) is 0 Å². The molecule has 0 amide bonds. The first-order valence-electron chi connectivity index (χ1n) is 6.44. The Balaban J connectivity index is 1.75. The van der Waals surface area contributed by atoms with E-state index in [2.05, 4.69) is 34.3 Å². The van der Waals surface area contributed by atoms with E-state index in [1.807, 2.05) is 30.7 Å². The molecule has 0 fully saturated rings. The van der Waals surface area contributed by atoms with Gasteiger partial charge in [0.1, 0.15) is 0 Å². The summed E-state index contributed by atoms with van der Waals surface area (Å²) in [5, 5.41) is 3.65. The Kier molecular flexibility index (Phi) is 3.07. The smallest absolute Gasteiger partial charge is 0.0605 e. The highest BCUT2D eigenvalue weighted by atomic mass is 15.0. The fraction of sp³-hybridized carbons (Fsp3) is 0.333. The summed E-state index contributed by atoms with van der Waals surface area (Å²) in [6.07, 6.45) is 7.87. The minimum atomic E-state index is 0.302. The van der Waals surface area contributed by atoms with Crippen molar-refractivity contribution in [2.75, 3.05) is 0 Å². The van der Waals surface area contributed by atoms with Crippen molar-refractivity contribution in [2.45, 2.75) is 31.8 Å². The minimum Gasteiger partial charge on any atom is -0.302 e. The first-order valence-corrected chi connectivity index (χ1v) is 6.44. The number of fused-ring (bicyclic) bond motifs is 1. The Labute approximate surface area is 107 Å². The van der Waals surface area contributed by atoms with Crippen molar-refractivity contribution >= 4 is 0 Å². The molecule has 2 aromatic heterocycles. The standard InChI is InChI=1S/C15H17N3/c1-11(13-5-2-8-16-10-13)18-14-7-6-12-4-3-9-17-15(12)14/h2-5,8-11,14,18H,6-7H2,1H3/t11-,14?/m0/s1. The maximum absolute atomic E-state index is 4.51. The maximum atomic E-state index is 4.51. The molecule has 2 aromatic rings. The first-order chi connectivity index (χ1) is 8.84. The quantitative estimate of drug-likeness (QED) is 0.895. The minimum absolute atomic E-state index is 0.302. The summed E-state index contributed by atoms with van der Waals surface area (Å²) in [7, 11) is 0. The third-order valence-electron chi connectivity index (χ3n) is 3.59. The molecular weight excluding hydrogens is 222 g/mol. The van der Waals surface area contributed by atoms with E-state index < -0.39 is 0 Å². The van der Waals surface area contributed by atoms with E-state index >= 15 is 0 Å². The zero-order valence-corrected chi connectivity index (χ0v) is 10.5. The number of hydrogen-bond acceptors (Lipinski definition) is 3. The molecular formula is C15H17N3. The van der Waals surface area contributed by atoms with E-state index in [0.29, 0.717) is 12.1 Å². The second kappa shape index (κ2) is 4.86. The van der Waals surface area contributed by atoms with Crippen molar-refractivity contribution in [3.05, 3.63) is 59.7 Å². The Morgan fingerprint density at radius 3 is 3.00 bits per heavy atom. The fourth-order valence-corrected chi connectivity index (χ4v) is 2.60. The van der Waals surface area contributed by atoms with E-state index in [1.54, 1.807) is 0 Å². The van der Waals surface area contributed by atoms with Crippen molar-refractivity contribution in [1.29, 1.82) is 0 Å². The molecule has 1 aliphatic carbocycles. The van der Waals surface area contributed by atoms with Crippen LogP contribution < -0.4 is 5.32 Å². The number of hydrogen-bond donors (Lipinski definition) is 1. The lowest BCUT2D eigenvalue weighted by atomic mass is 10.1. The zero-order chi connectivity index (χ0) is 12.4. The molecule has 3 rings (SSSR count). The molecule has 0 radical (unpaired) electrons. The van der Waals surface area contributed by atoms with Gasteiger partial charge >= 0.3 is 0 Å². The van der Waals surface area contributed by atoms with Crippen molar-refractivity contribution in [3.8, 4) is 0 Å². The van der Waals surface area contributed by atoms with Gasteiger partial charge in [-0.05, 0) is 43.0 Å². The predicted molar refractivity (Wildman–Crippen MR) is 71.1 cm³/mol. The monoisotopic (exact) mass is 239 g/mol. The Morgan fingerprint density at radius 1 is 1.28 bits per heavy atom. The number of nitrogens with zero attached hydrogens (tertiary/aromatic N) is 2. The van der Waals surface area contributed by atoms with Gasteiger partial charge in [-0.15, -0.1) is 0 Å². The van der Waals surface area contributed by atoms with Crippen LogP contribution in [0.1, 0.15) is 42.2 Å². The average Bonchev–Trinajstić information content (AvgIpc) is 2.83. The zero-order valence-electron chi connectivity index (χ0n) is 10.5. The van der Waals surface area contributed by atoms with Crippen LogP contribution in [0.25, 0.3) is 0 Å². The van der Waals surface area contributed by atoms with Gasteiger partial charge in [-0.2, -0.15) is 0 Å². The Hall–Kier alpha value is -1.74. The van der Waals surface area contributed by atoms with Crippen LogP contribution in [-0.2, 0) is 6.42 Å². The van der Waals surface area contributed by atoms with Crippen LogP contribution in [-0.4, -0.2) is 9.97 Å². The van der Waals surface area contributed by atoms with Gasteiger partial charge in [-0.25, -0.2) is 0 Å². The van der Waals surface area contributed by atoms with Gasteiger partial charge in [-0.3, -0.25) is 9.97 Å². The molecule has 0 saturated carbocycles. The summed E-state index contributed by atoms with van der Waals surface area (Å²) in [5.74, 6) is 0. The molecule has 3 nitrogen and oxygen atoms in total. The largest absolute Gasteiger partial charge is 0.302 e. The van der Waals surface area contributed by atoms with E-state index in [9.17, 15) is 0 Å². The van der Waals surface area contributed by atoms with Crippen LogP contribution in [0.2, 0.25) is 0 Å². The molecule has 18 heavy (non-hydrogen) atoms. The first kappa shape index (κ1) is 11.4. The summed E-state index contributed by atoms with van der Waals surface area (Å²) in [6, 6.07) is 8.96. The molecule has 1 unspecified atom stereocenters. The van der Waals surface area contributed by atoms with Gasteiger partial charge in [0.05, 0.1) is 11.7 Å². The van der Waals surface area contributed by atoms with Crippen molar-refractivity contribution in [1.82, 2.24) is 15.3 Å². The highest BCUT2D eigenvalue weighted by Crippen LogP contribution is 2.30. The van der Waals surface area contributed by atoms with Gasteiger partial charge in [0.2, 0.25) is 0 Å². The van der Waals surface area contributed by atoms with Crippen LogP contribution in [0, 0.1) is 0 Å². The third-order valence-corrected chi connectivity index (χ3v) is 3.59. The molecule has 0 aromatic carbocycles. The highest BCUT2D eigenvalue weighted by molar-refractivity contribution is 5.28. The van der Waals surface area contributed by atoms with Gasteiger partial charge in [0.25, 0.3) is 0 Å². The summed E-state index contributed by atoms with van der Waals surface area (Å²) >= 11 is 0. The van der Waals surface area contributed by atoms with Gasteiger partial charge < -0.3 is 5.32 Å². The molecule has 3 heteroatoms. The van der Waals surface area contributed by atoms with Crippen molar-refractivity contribution < 1.29 is 0 Å². The second-order valence-corrected chi connectivity index (χ2v) is 4.81. The molecule has 0 spiro atoms. The Morgan fingerprint density at radius 2 is 2.17 bits per heavy atom. The molecule has 0 bridgehead atoms. The summed E-state index contributed by atoms with van der Waals surface area (Å²) in [5.41, 5.74) is 3.82. The summed E-state index contributed by atoms with van der Waals surface area (Å²) in [4.78, 5) is 8.68. The molecule has 1 N–H and O–H groups in total. The molecule has 2 atom stereocenters. The van der Waals surface area contributed by atoms with Crippen LogP contribution in [0.4, 0.5) is 0 Å². The lowest BCUT2D eigenvalue weighted by molar-refractivity contribution is 0.457. The van der Waals surface area contributed by atoms with E-state index in [4.69, 9.17) is 0 Å². The Bertz CT molecular complexity index is 524. The predicted octanol–water partition coefficient (Wildman–Crippen LogP) is 2.81. The fourth-order valence-electron chi connectivity index (χ4n) is 2.60. The van der Waals surface area contributed by atoms with Crippen LogP contribution in [0.3, 0.4) is 0 Å². The number of aryl methyl sites for hydroxylation is 1. The van der Waals surface area contributed by atoms with E-state index in [1.165, 1.54) is 16.8 Å². The molecule has 0 saturated heterocycles. The number of nitrogens with one attached hydrogen (secondary N) is 1. The van der Waals surface area contributed by atoms with Gasteiger partial charge in [0, 0.05) is 24.6 Å². The SMILES string of the molecule is C[C@H](NC1CCc2cccnc21)c1cccnc1. The number of aromatic nitrogens is 2. The van der Waals surface area contributed by atoms with Crippen LogP contribution in [0.5, 0.6) is 0 Å². The third kappa shape index (κ3) is 2.14. The lowest BCUT2D eigenvalue weighted by Gasteiger charge is -2.19. The number of pyridine rings is 2. The molecule has 0 aliphatic heterocycles. The lowest BCUT2D eigenvalue weighted by Crippen LogP contribution is -2.23.